The molecule has 1 heterocycles. The molecule has 1 aromatic heterocycles. The maximum absolute atomic E-state index is 11.9. The van der Waals surface area contributed by atoms with Crippen LogP contribution in [0, 0.1) is 6.92 Å². The van der Waals surface area contributed by atoms with E-state index in [1.807, 2.05) is 44.2 Å². The molecule has 0 radical (unpaired) electrons. The van der Waals surface area contributed by atoms with Gasteiger partial charge in [-0.15, -0.1) is 0 Å². The Balaban J connectivity index is 1.87. The number of carbonyl (C=O) groups is 1. The van der Waals surface area contributed by atoms with E-state index >= 15 is 0 Å². The summed E-state index contributed by atoms with van der Waals surface area (Å²) < 4.78 is 5.17. The quantitative estimate of drug-likeness (QED) is 0.867. The molecule has 19 heavy (non-hydrogen) atoms. The Morgan fingerprint density at radius 1 is 1.26 bits per heavy atom. The molecule has 1 aromatic carbocycles. The van der Waals surface area contributed by atoms with Crippen LogP contribution in [0.15, 0.2) is 47.1 Å². The predicted molar refractivity (Wildman–Crippen MR) is 74.8 cm³/mol. The monoisotopic (exact) mass is 258 g/mol. The van der Waals surface area contributed by atoms with E-state index in [2.05, 4.69) is 10.6 Å². The highest BCUT2D eigenvalue weighted by Crippen LogP contribution is 2.14. The Morgan fingerprint density at radius 3 is 2.74 bits per heavy atom. The summed E-state index contributed by atoms with van der Waals surface area (Å²) in [6, 6.07) is 11.2. The van der Waals surface area contributed by atoms with Crippen molar-refractivity contribution in [1.82, 2.24) is 5.32 Å². The third-order valence-corrected chi connectivity index (χ3v) is 2.93. The zero-order chi connectivity index (χ0) is 13.7. The molecular weight excluding hydrogens is 240 g/mol. The predicted octanol–water partition coefficient (Wildman–Crippen LogP) is 2.70. The summed E-state index contributed by atoms with van der Waals surface area (Å²) in [6.45, 7) is 4.26. The molecule has 4 heteroatoms. The Morgan fingerprint density at radius 2 is 2.05 bits per heavy atom. The molecule has 0 saturated carbocycles. The van der Waals surface area contributed by atoms with Crippen LogP contribution in [-0.2, 0) is 11.3 Å². The lowest BCUT2D eigenvalue weighted by Crippen LogP contribution is -2.37. The molecule has 1 amide bonds. The number of furan rings is 1. The van der Waals surface area contributed by atoms with Gasteiger partial charge in [0.25, 0.3) is 0 Å². The summed E-state index contributed by atoms with van der Waals surface area (Å²) in [5, 5.41) is 6.03. The van der Waals surface area contributed by atoms with Gasteiger partial charge in [0.15, 0.2) is 0 Å². The van der Waals surface area contributed by atoms with Gasteiger partial charge in [0.05, 0.1) is 12.8 Å². The van der Waals surface area contributed by atoms with E-state index in [4.69, 9.17) is 4.42 Å². The molecule has 0 spiro atoms. The molecule has 1 unspecified atom stereocenters. The second-order valence-electron chi connectivity index (χ2n) is 4.48. The van der Waals surface area contributed by atoms with Gasteiger partial charge in [-0.05, 0) is 37.6 Å². The Bertz CT molecular complexity index is 535. The van der Waals surface area contributed by atoms with Gasteiger partial charge in [-0.25, -0.2) is 0 Å². The fourth-order valence-corrected chi connectivity index (χ4v) is 1.77. The largest absolute Gasteiger partial charge is 0.467 e. The fourth-order valence-electron chi connectivity index (χ4n) is 1.77. The number of hydrogen-bond donors (Lipinski definition) is 2. The first kappa shape index (κ1) is 13.2. The first-order valence-electron chi connectivity index (χ1n) is 6.29. The van der Waals surface area contributed by atoms with Crippen LogP contribution in [-0.4, -0.2) is 11.9 Å². The Hall–Kier alpha value is -2.23. The number of amides is 1. The molecular formula is C15H18N2O2. The number of anilines is 1. The second-order valence-corrected chi connectivity index (χ2v) is 4.48. The van der Waals surface area contributed by atoms with Crippen molar-refractivity contribution in [3.63, 3.8) is 0 Å². The van der Waals surface area contributed by atoms with Gasteiger partial charge < -0.3 is 15.1 Å². The van der Waals surface area contributed by atoms with Crippen molar-refractivity contribution in [2.24, 2.45) is 0 Å². The van der Waals surface area contributed by atoms with E-state index in [0.29, 0.717) is 6.54 Å². The van der Waals surface area contributed by atoms with Gasteiger partial charge >= 0.3 is 0 Å². The molecule has 100 valence electrons. The van der Waals surface area contributed by atoms with Crippen molar-refractivity contribution in [3.8, 4) is 0 Å². The zero-order valence-corrected chi connectivity index (χ0v) is 11.1. The van der Waals surface area contributed by atoms with Crippen molar-refractivity contribution in [3.05, 3.63) is 54.0 Å². The third kappa shape index (κ3) is 3.61. The highest BCUT2D eigenvalue weighted by molar-refractivity contribution is 5.84. The van der Waals surface area contributed by atoms with Gasteiger partial charge in [-0.2, -0.15) is 0 Å². The van der Waals surface area contributed by atoms with Crippen molar-refractivity contribution in [2.45, 2.75) is 26.4 Å². The average molecular weight is 258 g/mol. The number of rotatable bonds is 5. The van der Waals surface area contributed by atoms with E-state index in [9.17, 15) is 4.79 Å². The van der Waals surface area contributed by atoms with Crippen LogP contribution in [0.5, 0.6) is 0 Å². The van der Waals surface area contributed by atoms with Crippen LogP contribution < -0.4 is 10.6 Å². The minimum absolute atomic E-state index is 0.0559. The third-order valence-electron chi connectivity index (χ3n) is 2.93. The first-order chi connectivity index (χ1) is 9.16. The summed E-state index contributed by atoms with van der Waals surface area (Å²) >= 11 is 0. The summed E-state index contributed by atoms with van der Waals surface area (Å²) in [5.41, 5.74) is 2.09. The van der Waals surface area contributed by atoms with Crippen molar-refractivity contribution in [1.29, 1.82) is 0 Å². The standard InChI is InChI=1S/C15H18N2O2/c1-11-6-3-4-8-14(11)17-12(2)15(18)16-10-13-7-5-9-19-13/h3-9,12,17H,10H2,1-2H3,(H,16,18). The molecule has 0 aliphatic heterocycles. The lowest BCUT2D eigenvalue weighted by Gasteiger charge is -2.16. The first-order valence-corrected chi connectivity index (χ1v) is 6.29. The number of para-hydroxylation sites is 1. The second kappa shape index (κ2) is 6.09. The van der Waals surface area contributed by atoms with Crippen LogP contribution in [0.4, 0.5) is 5.69 Å². The van der Waals surface area contributed by atoms with Crippen LogP contribution in [0.25, 0.3) is 0 Å². The molecule has 2 rings (SSSR count). The van der Waals surface area contributed by atoms with E-state index in [-0.39, 0.29) is 11.9 Å². The highest BCUT2D eigenvalue weighted by Gasteiger charge is 2.13. The number of benzene rings is 1. The topological polar surface area (TPSA) is 54.3 Å². The van der Waals surface area contributed by atoms with Crippen LogP contribution >= 0.6 is 0 Å². The van der Waals surface area contributed by atoms with Crippen molar-refractivity contribution in [2.75, 3.05) is 5.32 Å². The Kier molecular flexibility index (Phi) is 4.23. The number of aryl methyl sites for hydroxylation is 1. The molecule has 0 aliphatic rings. The maximum atomic E-state index is 11.9. The summed E-state index contributed by atoms with van der Waals surface area (Å²) in [6.07, 6.45) is 1.59. The van der Waals surface area contributed by atoms with Gasteiger partial charge in [-0.3, -0.25) is 4.79 Å². The lowest BCUT2D eigenvalue weighted by atomic mass is 10.2. The van der Waals surface area contributed by atoms with Crippen LogP contribution in [0.1, 0.15) is 18.2 Å². The fraction of sp³-hybridized carbons (Fsp3) is 0.267. The average Bonchev–Trinajstić information content (AvgIpc) is 2.91. The maximum Gasteiger partial charge on any atom is 0.242 e. The smallest absolute Gasteiger partial charge is 0.242 e. The van der Waals surface area contributed by atoms with Gasteiger partial charge in [0.1, 0.15) is 11.8 Å². The molecule has 0 aliphatic carbocycles. The number of nitrogens with one attached hydrogen (secondary N) is 2. The Labute approximate surface area is 112 Å². The minimum Gasteiger partial charge on any atom is -0.467 e. The molecule has 0 bridgehead atoms. The highest BCUT2D eigenvalue weighted by atomic mass is 16.3. The van der Waals surface area contributed by atoms with E-state index < -0.39 is 0 Å². The molecule has 1 atom stereocenters. The summed E-state index contributed by atoms with van der Waals surface area (Å²) in [7, 11) is 0. The lowest BCUT2D eigenvalue weighted by molar-refractivity contribution is -0.121. The summed E-state index contributed by atoms with van der Waals surface area (Å²) in [5.74, 6) is 0.691. The van der Waals surface area contributed by atoms with Gasteiger partial charge in [0.2, 0.25) is 5.91 Å². The van der Waals surface area contributed by atoms with E-state index in [1.54, 1.807) is 12.3 Å². The molecule has 2 aromatic rings. The van der Waals surface area contributed by atoms with Crippen molar-refractivity contribution >= 4 is 11.6 Å². The van der Waals surface area contributed by atoms with Gasteiger partial charge in [0, 0.05) is 5.69 Å². The van der Waals surface area contributed by atoms with Crippen molar-refractivity contribution < 1.29 is 9.21 Å². The minimum atomic E-state index is -0.295. The normalized spacial score (nSPS) is 11.9. The molecule has 2 N–H and O–H groups in total. The summed E-state index contributed by atoms with van der Waals surface area (Å²) in [4.78, 5) is 11.9. The number of carbonyl (C=O) groups excluding carboxylic acids is 1. The van der Waals surface area contributed by atoms with Crippen LogP contribution in [0.3, 0.4) is 0 Å². The van der Waals surface area contributed by atoms with Gasteiger partial charge in [-0.1, -0.05) is 18.2 Å². The van der Waals surface area contributed by atoms with Crippen LogP contribution in [0.2, 0.25) is 0 Å². The SMILES string of the molecule is Cc1ccccc1NC(C)C(=O)NCc1ccco1. The molecule has 0 fully saturated rings. The molecule has 4 nitrogen and oxygen atoms in total. The number of hydrogen-bond acceptors (Lipinski definition) is 3. The van der Waals surface area contributed by atoms with E-state index in [0.717, 1.165) is 17.0 Å². The van der Waals surface area contributed by atoms with E-state index in [1.165, 1.54) is 0 Å². The molecule has 0 saturated heterocycles. The zero-order valence-electron chi connectivity index (χ0n) is 11.1.